The average molecular weight is 386 g/mol. The molecule has 2 rings (SSSR count). The highest BCUT2D eigenvalue weighted by Gasteiger charge is 2.24. The molecule has 0 aromatic heterocycles. The minimum absolute atomic E-state index is 0.129. The number of carbonyl (C=O) groups is 2. The predicted octanol–water partition coefficient (Wildman–Crippen LogP) is 5.44. The predicted molar refractivity (Wildman–Crippen MR) is 107 cm³/mol. The van der Waals surface area contributed by atoms with Gasteiger partial charge in [0.15, 0.2) is 6.29 Å². The monoisotopic (exact) mass is 386 g/mol. The summed E-state index contributed by atoms with van der Waals surface area (Å²) in [5.41, 5.74) is 4.28. The van der Waals surface area contributed by atoms with Crippen LogP contribution in [0.1, 0.15) is 76.2 Å². The van der Waals surface area contributed by atoms with Crippen molar-refractivity contribution in [3.05, 3.63) is 63.5 Å². The van der Waals surface area contributed by atoms with E-state index in [1.54, 1.807) is 19.1 Å². The minimum Gasteiger partial charge on any atom is -0.507 e. The summed E-state index contributed by atoms with van der Waals surface area (Å²) in [4.78, 5) is 22.3. The second kappa shape index (κ2) is 9.49. The van der Waals surface area contributed by atoms with E-state index >= 15 is 0 Å². The number of hydrogen-bond acceptors (Lipinski definition) is 3. The molecule has 0 aliphatic carbocycles. The van der Waals surface area contributed by atoms with Crippen molar-refractivity contribution in [3.63, 3.8) is 0 Å². The van der Waals surface area contributed by atoms with Crippen LogP contribution in [0.15, 0.2) is 24.3 Å². The minimum atomic E-state index is -0.812. The van der Waals surface area contributed by atoms with E-state index in [0.29, 0.717) is 29.5 Å². The number of phenols is 1. The van der Waals surface area contributed by atoms with Crippen LogP contribution in [0.5, 0.6) is 5.75 Å². The zero-order valence-electron chi connectivity index (χ0n) is 16.6. The highest BCUT2D eigenvalue weighted by molar-refractivity contribution is 5.82. The van der Waals surface area contributed by atoms with Gasteiger partial charge < -0.3 is 10.2 Å². The van der Waals surface area contributed by atoms with Crippen LogP contribution in [0.4, 0.5) is 4.39 Å². The Kier molecular flexibility index (Phi) is 7.32. The smallest absolute Gasteiger partial charge is 0.303 e. The molecule has 2 aromatic carbocycles. The fourth-order valence-corrected chi connectivity index (χ4v) is 3.76. The molecule has 5 heteroatoms. The number of carbonyl (C=O) groups excluding carboxylic acids is 1. The number of rotatable bonds is 9. The summed E-state index contributed by atoms with van der Waals surface area (Å²) in [5.74, 6) is -1.18. The molecule has 0 amide bonds. The van der Waals surface area contributed by atoms with E-state index in [2.05, 4.69) is 0 Å². The van der Waals surface area contributed by atoms with Crippen LogP contribution in [-0.4, -0.2) is 22.5 Å². The van der Waals surface area contributed by atoms with Gasteiger partial charge in [-0.3, -0.25) is 9.59 Å². The van der Waals surface area contributed by atoms with Crippen molar-refractivity contribution in [1.29, 1.82) is 0 Å². The maximum absolute atomic E-state index is 13.4. The van der Waals surface area contributed by atoms with Gasteiger partial charge in [-0.25, -0.2) is 4.39 Å². The molecule has 4 nitrogen and oxygen atoms in total. The Bertz CT molecular complexity index is 856. The third-order valence-corrected chi connectivity index (χ3v) is 5.51. The summed E-state index contributed by atoms with van der Waals surface area (Å²) in [6.07, 6.45) is 3.70. The Balaban J connectivity index is 2.44. The zero-order valence-corrected chi connectivity index (χ0v) is 16.6. The van der Waals surface area contributed by atoms with Gasteiger partial charge in [-0.15, -0.1) is 0 Å². The topological polar surface area (TPSA) is 74.6 Å². The van der Waals surface area contributed by atoms with E-state index in [9.17, 15) is 19.1 Å². The highest BCUT2D eigenvalue weighted by atomic mass is 19.1. The van der Waals surface area contributed by atoms with Crippen LogP contribution >= 0.6 is 0 Å². The van der Waals surface area contributed by atoms with Crippen molar-refractivity contribution in [2.45, 2.75) is 58.8 Å². The van der Waals surface area contributed by atoms with E-state index in [1.165, 1.54) is 12.1 Å². The van der Waals surface area contributed by atoms with Crippen LogP contribution < -0.4 is 0 Å². The lowest BCUT2D eigenvalue weighted by molar-refractivity contribution is -0.137. The van der Waals surface area contributed by atoms with Gasteiger partial charge in [0, 0.05) is 23.5 Å². The summed E-state index contributed by atoms with van der Waals surface area (Å²) in [6, 6.07) is 6.18. The van der Waals surface area contributed by atoms with Gasteiger partial charge in [-0.2, -0.15) is 0 Å². The van der Waals surface area contributed by atoms with Crippen molar-refractivity contribution in [3.8, 4) is 5.75 Å². The number of unbranched alkanes of at least 4 members (excludes halogenated alkanes) is 2. The number of aromatic hydroxyl groups is 1. The fourth-order valence-electron chi connectivity index (χ4n) is 3.76. The van der Waals surface area contributed by atoms with E-state index in [4.69, 9.17) is 5.11 Å². The summed E-state index contributed by atoms with van der Waals surface area (Å²) in [5, 5.41) is 19.7. The van der Waals surface area contributed by atoms with Crippen LogP contribution in [0, 0.1) is 26.6 Å². The zero-order chi connectivity index (χ0) is 20.8. The Morgan fingerprint density at radius 2 is 1.68 bits per heavy atom. The van der Waals surface area contributed by atoms with Crippen LogP contribution in [0.25, 0.3) is 0 Å². The molecule has 150 valence electrons. The molecular weight excluding hydrogens is 359 g/mol. The van der Waals surface area contributed by atoms with E-state index in [1.807, 2.05) is 13.8 Å². The first kappa shape index (κ1) is 21.6. The summed E-state index contributed by atoms with van der Waals surface area (Å²) in [6.45, 7) is 5.43. The Morgan fingerprint density at radius 1 is 1.04 bits per heavy atom. The number of carboxylic acids is 1. The second-order valence-corrected chi connectivity index (χ2v) is 7.27. The highest BCUT2D eigenvalue weighted by Crippen LogP contribution is 2.41. The summed E-state index contributed by atoms with van der Waals surface area (Å²) >= 11 is 0. The molecule has 2 N–H and O–H groups in total. The number of hydrogen-bond donors (Lipinski definition) is 2. The SMILES string of the molecule is Cc1c(C)c(C=O)c(C)c([C@H](CCCCCC(=O)O)c2ccc(F)cc2)c1O. The third-order valence-electron chi connectivity index (χ3n) is 5.51. The van der Waals surface area contributed by atoms with Crippen molar-refractivity contribution in [1.82, 2.24) is 0 Å². The molecule has 0 aliphatic heterocycles. The second-order valence-electron chi connectivity index (χ2n) is 7.27. The number of phenolic OH excluding ortho intramolecular Hbond substituents is 1. The first-order valence-electron chi connectivity index (χ1n) is 9.53. The molecular formula is C23H27FO4. The van der Waals surface area contributed by atoms with Crippen LogP contribution in [-0.2, 0) is 4.79 Å². The van der Waals surface area contributed by atoms with E-state index in [0.717, 1.165) is 35.8 Å². The van der Waals surface area contributed by atoms with E-state index in [-0.39, 0.29) is 23.9 Å². The molecule has 0 spiro atoms. The first-order chi connectivity index (χ1) is 13.3. The normalized spacial score (nSPS) is 12.0. The Hall–Kier alpha value is -2.69. The van der Waals surface area contributed by atoms with Gasteiger partial charge in [-0.1, -0.05) is 25.0 Å². The number of halogens is 1. The van der Waals surface area contributed by atoms with E-state index < -0.39 is 5.97 Å². The molecule has 0 fully saturated rings. The molecule has 0 saturated carbocycles. The van der Waals surface area contributed by atoms with Crippen molar-refractivity contribution < 1.29 is 24.2 Å². The van der Waals surface area contributed by atoms with Gasteiger partial charge in [0.25, 0.3) is 0 Å². The maximum Gasteiger partial charge on any atom is 0.303 e. The summed E-state index contributed by atoms with van der Waals surface area (Å²) in [7, 11) is 0. The average Bonchev–Trinajstić information content (AvgIpc) is 2.65. The summed E-state index contributed by atoms with van der Waals surface area (Å²) < 4.78 is 13.4. The molecule has 28 heavy (non-hydrogen) atoms. The molecule has 2 aromatic rings. The van der Waals surface area contributed by atoms with Gasteiger partial charge in [0.2, 0.25) is 0 Å². The third kappa shape index (κ3) is 4.77. The Morgan fingerprint density at radius 3 is 2.25 bits per heavy atom. The van der Waals surface area contributed by atoms with Gasteiger partial charge >= 0.3 is 5.97 Å². The number of benzene rings is 2. The van der Waals surface area contributed by atoms with Crippen molar-refractivity contribution in [2.75, 3.05) is 0 Å². The molecule has 1 atom stereocenters. The lowest BCUT2D eigenvalue weighted by atomic mass is 9.80. The molecule has 0 aliphatic rings. The van der Waals surface area contributed by atoms with Crippen molar-refractivity contribution in [2.24, 2.45) is 0 Å². The van der Waals surface area contributed by atoms with Crippen LogP contribution in [0.2, 0.25) is 0 Å². The lowest BCUT2D eigenvalue weighted by Crippen LogP contribution is -2.09. The standard InChI is InChI=1S/C23H27FO4/c1-14-15(2)23(28)22(16(3)20(14)13-25)19(7-5-4-6-8-21(26)27)17-9-11-18(24)12-10-17/h9-13,19,28H,4-8H2,1-3H3,(H,26,27)/t19-/m1/s1. The van der Waals surface area contributed by atoms with Gasteiger partial charge in [-0.05, 0) is 68.0 Å². The van der Waals surface area contributed by atoms with Crippen LogP contribution in [0.3, 0.4) is 0 Å². The molecule has 0 unspecified atom stereocenters. The number of carboxylic acid groups (broad SMARTS) is 1. The number of aliphatic carboxylic acids is 1. The van der Waals surface area contributed by atoms with Gasteiger partial charge in [0.05, 0.1) is 0 Å². The maximum atomic E-state index is 13.4. The number of aldehydes is 1. The molecule has 0 heterocycles. The Labute approximate surface area is 165 Å². The molecule has 0 saturated heterocycles. The van der Waals surface area contributed by atoms with Crippen molar-refractivity contribution >= 4 is 12.3 Å². The largest absolute Gasteiger partial charge is 0.507 e. The van der Waals surface area contributed by atoms with Gasteiger partial charge in [0.1, 0.15) is 11.6 Å². The quantitative estimate of drug-likeness (QED) is 0.445. The molecule has 0 radical (unpaired) electrons. The first-order valence-corrected chi connectivity index (χ1v) is 9.53. The molecule has 0 bridgehead atoms. The fraction of sp³-hybridized carbons (Fsp3) is 0.391. The lowest BCUT2D eigenvalue weighted by Gasteiger charge is -2.25.